The minimum Gasteiger partial charge on any atom is -0.303 e. The van der Waals surface area contributed by atoms with Gasteiger partial charge in [0.2, 0.25) is 0 Å². The molecule has 0 aliphatic carbocycles. The molecule has 0 aliphatic heterocycles. The number of hydrogen-bond donors (Lipinski definition) is 0. The molecule has 1 heterocycles. The molecule has 1 aromatic carbocycles. The van der Waals surface area contributed by atoms with E-state index in [0.717, 1.165) is 19.1 Å². The SMILES string of the molecule is O=CCCCc1ccccc1-c1cccs1. The highest BCUT2D eigenvalue weighted by molar-refractivity contribution is 7.13. The molecule has 2 heteroatoms. The maximum absolute atomic E-state index is 10.3. The zero-order valence-corrected chi connectivity index (χ0v) is 9.87. The van der Waals surface area contributed by atoms with Gasteiger partial charge in [0.25, 0.3) is 0 Å². The topological polar surface area (TPSA) is 17.1 Å². The molecule has 0 aliphatic rings. The van der Waals surface area contributed by atoms with Crippen LogP contribution < -0.4 is 0 Å². The molecule has 0 spiro atoms. The standard InChI is InChI=1S/C14H14OS/c15-10-4-3-7-12-6-1-2-8-13(12)14-9-5-11-16-14/h1-2,5-6,8-11H,3-4,7H2. The van der Waals surface area contributed by atoms with Crippen LogP contribution in [0.25, 0.3) is 10.4 Å². The Balaban J connectivity index is 2.21. The summed E-state index contributed by atoms with van der Waals surface area (Å²) in [6.45, 7) is 0. The van der Waals surface area contributed by atoms with Gasteiger partial charge in [-0.1, -0.05) is 30.3 Å². The normalized spacial score (nSPS) is 10.2. The number of unbranched alkanes of at least 4 members (excludes halogenated alkanes) is 1. The summed E-state index contributed by atoms with van der Waals surface area (Å²) in [7, 11) is 0. The van der Waals surface area contributed by atoms with Crippen LogP contribution in [0.3, 0.4) is 0 Å². The summed E-state index contributed by atoms with van der Waals surface area (Å²) in [5, 5.41) is 2.09. The van der Waals surface area contributed by atoms with Gasteiger partial charge in [-0.15, -0.1) is 11.3 Å². The Morgan fingerprint density at radius 1 is 1.12 bits per heavy atom. The minimum absolute atomic E-state index is 0.652. The fourth-order valence-electron chi connectivity index (χ4n) is 1.79. The summed E-state index contributed by atoms with van der Waals surface area (Å²) in [6.07, 6.45) is 3.56. The molecule has 0 atom stereocenters. The van der Waals surface area contributed by atoms with Crippen molar-refractivity contribution in [2.24, 2.45) is 0 Å². The highest BCUT2D eigenvalue weighted by atomic mass is 32.1. The molecule has 0 amide bonds. The van der Waals surface area contributed by atoms with Crippen LogP contribution in [-0.4, -0.2) is 6.29 Å². The van der Waals surface area contributed by atoms with E-state index in [-0.39, 0.29) is 0 Å². The molecule has 0 N–H and O–H groups in total. The molecule has 0 saturated carbocycles. The molecule has 1 aromatic heterocycles. The van der Waals surface area contributed by atoms with E-state index in [2.05, 4.69) is 41.8 Å². The molecular formula is C14H14OS. The Morgan fingerprint density at radius 2 is 2.00 bits per heavy atom. The molecule has 0 unspecified atom stereocenters. The second-order valence-electron chi connectivity index (χ2n) is 3.69. The van der Waals surface area contributed by atoms with Crippen molar-refractivity contribution < 1.29 is 4.79 Å². The molecule has 0 saturated heterocycles. The second kappa shape index (κ2) is 5.61. The van der Waals surface area contributed by atoms with Gasteiger partial charge >= 0.3 is 0 Å². The third kappa shape index (κ3) is 2.58. The Hall–Kier alpha value is -1.41. The fraction of sp³-hybridized carbons (Fsp3) is 0.214. The van der Waals surface area contributed by atoms with Crippen LogP contribution in [-0.2, 0) is 11.2 Å². The van der Waals surface area contributed by atoms with Crippen LogP contribution in [0.4, 0.5) is 0 Å². The van der Waals surface area contributed by atoms with Crippen LogP contribution in [0.5, 0.6) is 0 Å². The molecule has 0 radical (unpaired) electrons. The average Bonchev–Trinajstić information content (AvgIpc) is 2.83. The third-order valence-electron chi connectivity index (χ3n) is 2.57. The predicted octanol–water partition coefficient (Wildman–Crippen LogP) is 3.94. The van der Waals surface area contributed by atoms with Gasteiger partial charge in [0, 0.05) is 11.3 Å². The lowest BCUT2D eigenvalue weighted by Crippen LogP contribution is -1.89. The summed E-state index contributed by atoms with van der Waals surface area (Å²) >= 11 is 1.76. The van der Waals surface area contributed by atoms with E-state index in [0.29, 0.717) is 6.42 Å². The van der Waals surface area contributed by atoms with Crippen molar-refractivity contribution in [2.45, 2.75) is 19.3 Å². The predicted molar refractivity (Wildman–Crippen MR) is 68.8 cm³/mol. The number of carbonyl (C=O) groups excluding carboxylic acids is 1. The molecule has 2 aromatic rings. The van der Waals surface area contributed by atoms with Crippen molar-refractivity contribution in [3.8, 4) is 10.4 Å². The zero-order chi connectivity index (χ0) is 11.2. The van der Waals surface area contributed by atoms with Crippen LogP contribution in [0, 0.1) is 0 Å². The average molecular weight is 230 g/mol. The van der Waals surface area contributed by atoms with E-state index in [9.17, 15) is 4.79 Å². The Bertz CT molecular complexity index is 446. The van der Waals surface area contributed by atoms with Gasteiger partial charge < -0.3 is 4.79 Å². The summed E-state index contributed by atoms with van der Waals surface area (Å²) in [6, 6.07) is 12.7. The number of hydrogen-bond acceptors (Lipinski definition) is 2. The van der Waals surface area contributed by atoms with Crippen LogP contribution in [0.2, 0.25) is 0 Å². The van der Waals surface area contributed by atoms with Crippen molar-refractivity contribution in [3.63, 3.8) is 0 Å². The Kier molecular flexibility index (Phi) is 3.89. The largest absolute Gasteiger partial charge is 0.303 e. The van der Waals surface area contributed by atoms with Gasteiger partial charge in [-0.2, -0.15) is 0 Å². The van der Waals surface area contributed by atoms with Crippen LogP contribution >= 0.6 is 11.3 Å². The molecule has 82 valence electrons. The lowest BCUT2D eigenvalue weighted by molar-refractivity contribution is -0.107. The van der Waals surface area contributed by atoms with Gasteiger partial charge in [0.05, 0.1) is 0 Å². The number of rotatable bonds is 5. The van der Waals surface area contributed by atoms with Crippen molar-refractivity contribution >= 4 is 17.6 Å². The van der Waals surface area contributed by atoms with Crippen molar-refractivity contribution in [1.82, 2.24) is 0 Å². The quantitative estimate of drug-likeness (QED) is 0.561. The monoisotopic (exact) mass is 230 g/mol. The summed E-state index contributed by atoms with van der Waals surface area (Å²) in [4.78, 5) is 11.6. The highest BCUT2D eigenvalue weighted by Gasteiger charge is 2.04. The van der Waals surface area contributed by atoms with Crippen molar-refractivity contribution in [2.75, 3.05) is 0 Å². The van der Waals surface area contributed by atoms with E-state index in [1.807, 2.05) is 0 Å². The number of thiophene rings is 1. The highest BCUT2D eigenvalue weighted by Crippen LogP contribution is 2.28. The minimum atomic E-state index is 0.652. The maximum atomic E-state index is 10.3. The van der Waals surface area contributed by atoms with Crippen molar-refractivity contribution in [1.29, 1.82) is 0 Å². The first kappa shape index (κ1) is 11.1. The van der Waals surface area contributed by atoms with Crippen LogP contribution in [0.1, 0.15) is 18.4 Å². The van der Waals surface area contributed by atoms with Gasteiger partial charge in [-0.25, -0.2) is 0 Å². The number of benzene rings is 1. The van der Waals surface area contributed by atoms with Gasteiger partial charge in [-0.3, -0.25) is 0 Å². The first-order valence-electron chi connectivity index (χ1n) is 5.47. The summed E-state index contributed by atoms with van der Waals surface area (Å²) in [5.41, 5.74) is 2.65. The number of aldehydes is 1. The Labute approximate surface area is 99.8 Å². The maximum Gasteiger partial charge on any atom is 0.120 e. The van der Waals surface area contributed by atoms with E-state index in [4.69, 9.17) is 0 Å². The molecular weight excluding hydrogens is 216 g/mol. The fourth-order valence-corrected chi connectivity index (χ4v) is 2.57. The molecule has 2 rings (SSSR count). The van der Waals surface area contributed by atoms with E-state index in [1.165, 1.54) is 16.0 Å². The molecule has 0 bridgehead atoms. The van der Waals surface area contributed by atoms with E-state index in [1.54, 1.807) is 11.3 Å². The van der Waals surface area contributed by atoms with Gasteiger partial charge in [0.1, 0.15) is 6.29 Å². The third-order valence-corrected chi connectivity index (χ3v) is 3.48. The lowest BCUT2D eigenvalue weighted by Gasteiger charge is -2.06. The van der Waals surface area contributed by atoms with E-state index >= 15 is 0 Å². The first-order chi connectivity index (χ1) is 7.92. The number of carbonyl (C=O) groups is 1. The lowest BCUT2D eigenvalue weighted by atomic mass is 10.0. The zero-order valence-electron chi connectivity index (χ0n) is 9.06. The van der Waals surface area contributed by atoms with Crippen LogP contribution in [0.15, 0.2) is 41.8 Å². The smallest absolute Gasteiger partial charge is 0.120 e. The molecule has 16 heavy (non-hydrogen) atoms. The second-order valence-corrected chi connectivity index (χ2v) is 4.64. The molecule has 1 nitrogen and oxygen atoms in total. The summed E-state index contributed by atoms with van der Waals surface area (Å²) < 4.78 is 0. The first-order valence-corrected chi connectivity index (χ1v) is 6.35. The van der Waals surface area contributed by atoms with Gasteiger partial charge in [-0.05, 0) is 35.4 Å². The van der Waals surface area contributed by atoms with Gasteiger partial charge in [0.15, 0.2) is 0 Å². The summed E-state index contributed by atoms with van der Waals surface area (Å²) in [5.74, 6) is 0. The number of aryl methyl sites for hydroxylation is 1. The molecule has 0 fully saturated rings. The van der Waals surface area contributed by atoms with Crippen molar-refractivity contribution in [3.05, 3.63) is 47.3 Å². The van der Waals surface area contributed by atoms with E-state index < -0.39 is 0 Å². The Morgan fingerprint density at radius 3 is 2.75 bits per heavy atom.